The van der Waals surface area contributed by atoms with E-state index in [-0.39, 0.29) is 16.5 Å². The number of aryl methyl sites for hydroxylation is 1. The van der Waals surface area contributed by atoms with Crippen molar-refractivity contribution in [2.45, 2.75) is 52.1 Å². The van der Waals surface area contributed by atoms with Gasteiger partial charge in [0.2, 0.25) is 0 Å². The van der Waals surface area contributed by atoms with Gasteiger partial charge < -0.3 is 9.80 Å². The Balaban J connectivity index is 1.43. The van der Waals surface area contributed by atoms with E-state index in [1.165, 1.54) is 12.8 Å². The normalized spacial score (nSPS) is 19.5. The lowest BCUT2D eigenvalue weighted by atomic mass is 10.1. The molecule has 1 atom stereocenters. The largest absolute Gasteiger partial charge is 0.334 e. The predicted molar refractivity (Wildman–Crippen MR) is 114 cm³/mol. The molecule has 3 heterocycles. The average Bonchev–Trinajstić information content (AvgIpc) is 3.44. The van der Waals surface area contributed by atoms with Crippen molar-refractivity contribution >= 4 is 11.6 Å². The molecule has 4 rings (SSSR count). The Morgan fingerprint density at radius 1 is 1.13 bits per heavy atom. The van der Waals surface area contributed by atoms with Crippen molar-refractivity contribution in [3.8, 4) is 0 Å². The summed E-state index contributed by atoms with van der Waals surface area (Å²) >= 11 is 0. The highest BCUT2D eigenvalue weighted by Gasteiger charge is 2.31. The van der Waals surface area contributed by atoms with Crippen LogP contribution in [-0.2, 0) is 6.54 Å². The van der Waals surface area contributed by atoms with Gasteiger partial charge >= 0.3 is 5.69 Å². The van der Waals surface area contributed by atoms with E-state index in [1.807, 2.05) is 29.2 Å². The number of hydrogen-bond acceptors (Lipinski definition) is 5. The Kier molecular flexibility index (Phi) is 5.85. The summed E-state index contributed by atoms with van der Waals surface area (Å²) in [5, 5.41) is 15.5. The minimum atomic E-state index is -0.384. The highest BCUT2D eigenvalue weighted by Crippen LogP contribution is 2.24. The zero-order valence-electron chi connectivity index (χ0n) is 17.7. The zero-order chi connectivity index (χ0) is 21.3. The SMILES string of the molecule is Cc1nn(Cc2ccc(C(=O)N3CCCC3CN3CCCC3)cc2)c(C)c1[N+](=O)[O-]. The predicted octanol–water partition coefficient (Wildman–Crippen LogP) is 3.16. The lowest BCUT2D eigenvalue weighted by molar-refractivity contribution is -0.386. The number of nitro groups is 1. The first-order valence-corrected chi connectivity index (χ1v) is 10.7. The third-order valence-corrected chi connectivity index (χ3v) is 6.36. The van der Waals surface area contributed by atoms with Gasteiger partial charge in [-0.1, -0.05) is 12.1 Å². The van der Waals surface area contributed by atoms with Crippen molar-refractivity contribution in [2.24, 2.45) is 0 Å². The fourth-order valence-corrected chi connectivity index (χ4v) is 4.75. The maximum Gasteiger partial charge on any atom is 0.312 e. The molecule has 0 N–H and O–H groups in total. The number of aromatic nitrogens is 2. The number of likely N-dealkylation sites (tertiary alicyclic amines) is 2. The first-order chi connectivity index (χ1) is 14.4. The molecule has 2 aromatic rings. The number of amides is 1. The fourth-order valence-electron chi connectivity index (χ4n) is 4.75. The van der Waals surface area contributed by atoms with Crippen LogP contribution in [0.1, 0.15) is 53.0 Å². The summed E-state index contributed by atoms with van der Waals surface area (Å²) in [7, 11) is 0. The molecule has 2 aliphatic heterocycles. The summed E-state index contributed by atoms with van der Waals surface area (Å²) in [6.45, 7) is 7.92. The molecule has 1 aromatic heterocycles. The topological polar surface area (TPSA) is 84.5 Å². The van der Waals surface area contributed by atoms with E-state index in [2.05, 4.69) is 10.00 Å². The minimum Gasteiger partial charge on any atom is -0.334 e. The number of carbonyl (C=O) groups is 1. The number of carbonyl (C=O) groups excluding carboxylic acids is 1. The quantitative estimate of drug-likeness (QED) is 0.538. The molecule has 8 heteroatoms. The molecule has 0 spiro atoms. The van der Waals surface area contributed by atoms with Crippen LogP contribution in [0.15, 0.2) is 24.3 Å². The van der Waals surface area contributed by atoms with Gasteiger partial charge in [0.1, 0.15) is 11.4 Å². The molecule has 2 saturated heterocycles. The summed E-state index contributed by atoms with van der Waals surface area (Å²) in [6, 6.07) is 7.87. The second-order valence-corrected chi connectivity index (χ2v) is 8.43. The van der Waals surface area contributed by atoms with Crippen LogP contribution < -0.4 is 0 Å². The van der Waals surface area contributed by atoms with Gasteiger partial charge in [-0.15, -0.1) is 0 Å². The molecule has 1 unspecified atom stereocenters. The maximum absolute atomic E-state index is 13.1. The van der Waals surface area contributed by atoms with Crippen molar-refractivity contribution < 1.29 is 9.72 Å². The van der Waals surface area contributed by atoms with Gasteiger partial charge in [-0.3, -0.25) is 19.6 Å². The van der Waals surface area contributed by atoms with Gasteiger partial charge in [0.25, 0.3) is 5.91 Å². The van der Waals surface area contributed by atoms with E-state index in [9.17, 15) is 14.9 Å². The third-order valence-electron chi connectivity index (χ3n) is 6.36. The molecule has 1 aromatic carbocycles. The van der Waals surface area contributed by atoms with Crippen LogP contribution in [0.2, 0.25) is 0 Å². The van der Waals surface area contributed by atoms with Crippen molar-refractivity contribution in [1.29, 1.82) is 0 Å². The summed E-state index contributed by atoms with van der Waals surface area (Å²) in [4.78, 5) is 28.4. The van der Waals surface area contributed by atoms with Gasteiger partial charge in [-0.25, -0.2) is 0 Å². The van der Waals surface area contributed by atoms with Crippen molar-refractivity contribution in [1.82, 2.24) is 19.6 Å². The molecule has 0 aliphatic carbocycles. The molecule has 0 saturated carbocycles. The molecule has 8 nitrogen and oxygen atoms in total. The molecule has 2 aliphatic rings. The van der Waals surface area contributed by atoms with E-state index in [4.69, 9.17) is 0 Å². The van der Waals surface area contributed by atoms with Crippen LogP contribution in [0.25, 0.3) is 0 Å². The zero-order valence-corrected chi connectivity index (χ0v) is 17.7. The first-order valence-electron chi connectivity index (χ1n) is 10.7. The number of hydrogen-bond donors (Lipinski definition) is 0. The molecule has 0 radical (unpaired) electrons. The fraction of sp³-hybridized carbons (Fsp3) is 0.545. The van der Waals surface area contributed by atoms with Gasteiger partial charge in [0.15, 0.2) is 0 Å². The summed E-state index contributed by atoms with van der Waals surface area (Å²) < 4.78 is 1.65. The van der Waals surface area contributed by atoms with E-state index < -0.39 is 0 Å². The van der Waals surface area contributed by atoms with Crippen LogP contribution in [0.3, 0.4) is 0 Å². The molecule has 1 amide bonds. The molecule has 2 fully saturated rings. The molecule has 160 valence electrons. The molecule has 30 heavy (non-hydrogen) atoms. The van der Waals surface area contributed by atoms with Crippen LogP contribution >= 0.6 is 0 Å². The second kappa shape index (κ2) is 8.55. The number of rotatable bonds is 6. The van der Waals surface area contributed by atoms with Gasteiger partial charge in [0, 0.05) is 24.7 Å². The standard InChI is InChI=1S/C22H29N5O3/c1-16-21(27(29)30)17(2)26(23-16)14-18-7-9-19(10-8-18)22(28)25-13-5-6-20(25)15-24-11-3-4-12-24/h7-10,20H,3-6,11-15H2,1-2H3. The summed E-state index contributed by atoms with van der Waals surface area (Å²) in [6.07, 6.45) is 4.68. The Morgan fingerprint density at radius 2 is 1.83 bits per heavy atom. The Labute approximate surface area is 176 Å². The summed E-state index contributed by atoms with van der Waals surface area (Å²) in [5.41, 5.74) is 2.69. The van der Waals surface area contributed by atoms with Crippen molar-refractivity contribution in [2.75, 3.05) is 26.2 Å². The van der Waals surface area contributed by atoms with Crippen LogP contribution in [0, 0.1) is 24.0 Å². The smallest absolute Gasteiger partial charge is 0.312 e. The Bertz CT molecular complexity index is 931. The lowest BCUT2D eigenvalue weighted by Gasteiger charge is -2.28. The average molecular weight is 412 g/mol. The minimum absolute atomic E-state index is 0.0693. The van der Waals surface area contributed by atoms with Crippen LogP contribution in [0.4, 0.5) is 5.69 Å². The Hall–Kier alpha value is -2.74. The lowest BCUT2D eigenvalue weighted by Crippen LogP contribution is -2.42. The van der Waals surface area contributed by atoms with E-state index in [0.29, 0.717) is 29.5 Å². The van der Waals surface area contributed by atoms with Gasteiger partial charge in [0.05, 0.1) is 11.5 Å². The van der Waals surface area contributed by atoms with Crippen LogP contribution in [-0.4, -0.2) is 62.6 Å². The molecule has 0 bridgehead atoms. The first kappa shape index (κ1) is 20.5. The van der Waals surface area contributed by atoms with Crippen molar-refractivity contribution in [3.05, 3.63) is 56.9 Å². The summed E-state index contributed by atoms with van der Waals surface area (Å²) in [5.74, 6) is 0.102. The maximum atomic E-state index is 13.1. The third kappa shape index (κ3) is 4.09. The van der Waals surface area contributed by atoms with E-state index in [0.717, 1.165) is 44.6 Å². The van der Waals surface area contributed by atoms with E-state index >= 15 is 0 Å². The highest BCUT2D eigenvalue weighted by atomic mass is 16.6. The van der Waals surface area contributed by atoms with Gasteiger partial charge in [-0.2, -0.15) is 5.10 Å². The monoisotopic (exact) mass is 411 g/mol. The number of nitrogens with zero attached hydrogens (tertiary/aromatic N) is 5. The number of benzene rings is 1. The second-order valence-electron chi connectivity index (χ2n) is 8.43. The van der Waals surface area contributed by atoms with E-state index in [1.54, 1.807) is 18.5 Å². The molecular formula is C22H29N5O3. The van der Waals surface area contributed by atoms with Crippen molar-refractivity contribution in [3.63, 3.8) is 0 Å². The molecular weight excluding hydrogens is 382 g/mol. The highest BCUT2D eigenvalue weighted by molar-refractivity contribution is 5.94. The Morgan fingerprint density at radius 3 is 2.47 bits per heavy atom. The van der Waals surface area contributed by atoms with Crippen LogP contribution in [0.5, 0.6) is 0 Å². The van der Waals surface area contributed by atoms with Gasteiger partial charge in [-0.05, 0) is 70.3 Å².